The number of furan rings is 1. The lowest BCUT2D eigenvalue weighted by atomic mass is 10.1. The summed E-state index contributed by atoms with van der Waals surface area (Å²) in [5.74, 6) is -0.577. The van der Waals surface area contributed by atoms with Gasteiger partial charge < -0.3 is 9.52 Å². The summed E-state index contributed by atoms with van der Waals surface area (Å²) < 4.78 is 18.1. The van der Waals surface area contributed by atoms with Crippen molar-refractivity contribution in [2.24, 2.45) is 0 Å². The molecule has 76 valence electrons. The van der Waals surface area contributed by atoms with E-state index in [2.05, 4.69) is 0 Å². The van der Waals surface area contributed by atoms with Gasteiger partial charge in [-0.1, -0.05) is 0 Å². The minimum Gasteiger partial charge on any atom is -0.505 e. The zero-order chi connectivity index (χ0) is 10.8. The molecule has 4 heteroatoms. The maximum Gasteiger partial charge on any atom is 0.185 e. The highest BCUT2D eigenvalue weighted by molar-refractivity contribution is 5.72. The first kappa shape index (κ1) is 9.45. The van der Waals surface area contributed by atoms with Gasteiger partial charge in [-0.25, -0.2) is 4.39 Å². The molecule has 0 saturated heterocycles. The summed E-state index contributed by atoms with van der Waals surface area (Å²) in [5, 5.41) is 8.98. The van der Waals surface area contributed by atoms with Gasteiger partial charge in [0, 0.05) is 5.56 Å². The van der Waals surface area contributed by atoms with E-state index in [9.17, 15) is 9.18 Å². The fourth-order valence-electron chi connectivity index (χ4n) is 1.23. The maximum absolute atomic E-state index is 13.0. The summed E-state index contributed by atoms with van der Waals surface area (Å²) >= 11 is 0. The number of carbonyl (C=O) groups excluding carboxylic acids is 1. The Morgan fingerprint density at radius 2 is 2.07 bits per heavy atom. The molecule has 1 heterocycles. The van der Waals surface area contributed by atoms with Crippen LogP contribution >= 0.6 is 0 Å². The summed E-state index contributed by atoms with van der Waals surface area (Å²) in [6, 6.07) is 6.94. The minimum absolute atomic E-state index is 0.179. The largest absolute Gasteiger partial charge is 0.505 e. The Bertz CT molecular complexity index is 502. The van der Waals surface area contributed by atoms with E-state index in [4.69, 9.17) is 9.52 Å². The van der Waals surface area contributed by atoms with E-state index in [1.54, 1.807) is 6.07 Å². The summed E-state index contributed by atoms with van der Waals surface area (Å²) in [7, 11) is 0. The van der Waals surface area contributed by atoms with E-state index in [-0.39, 0.29) is 5.76 Å². The number of aromatic hydroxyl groups is 1. The van der Waals surface area contributed by atoms with Crippen molar-refractivity contribution in [3.8, 4) is 17.1 Å². The molecule has 3 nitrogen and oxygen atoms in total. The Hall–Kier alpha value is -2.10. The highest BCUT2D eigenvalue weighted by Gasteiger charge is 2.07. The molecule has 0 bridgehead atoms. The summed E-state index contributed by atoms with van der Waals surface area (Å²) in [4.78, 5) is 10.4. The second kappa shape index (κ2) is 3.57. The van der Waals surface area contributed by atoms with E-state index in [0.29, 0.717) is 17.6 Å². The molecule has 2 rings (SSSR count). The van der Waals surface area contributed by atoms with Crippen molar-refractivity contribution < 1.29 is 18.7 Å². The van der Waals surface area contributed by atoms with Gasteiger partial charge in [0.1, 0.15) is 5.76 Å². The van der Waals surface area contributed by atoms with Crippen molar-refractivity contribution in [3.63, 3.8) is 0 Å². The van der Waals surface area contributed by atoms with E-state index in [1.165, 1.54) is 18.2 Å². The average Bonchev–Trinajstić information content (AvgIpc) is 2.70. The van der Waals surface area contributed by atoms with Crippen molar-refractivity contribution in [1.82, 2.24) is 0 Å². The van der Waals surface area contributed by atoms with Gasteiger partial charge in [-0.2, -0.15) is 0 Å². The van der Waals surface area contributed by atoms with Gasteiger partial charge in [-0.3, -0.25) is 4.79 Å². The summed E-state index contributed by atoms with van der Waals surface area (Å²) in [5.41, 5.74) is 0.471. The van der Waals surface area contributed by atoms with Crippen LogP contribution in [0.5, 0.6) is 5.75 Å². The van der Waals surface area contributed by atoms with Gasteiger partial charge in [0.2, 0.25) is 0 Å². The van der Waals surface area contributed by atoms with Crippen LogP contribution in [-0.2, 0) is 0 Å². The van der Waals surface area contributed by atoms with E-state index < -0.39 is 11.6 Å². The number of hydrogen-bond acceptors (Lipinski definition) is 3. The maximum atomic E-state index is 13.0. The van der Waals surface area contributed by atoms with Crippen LogP contribution in [-0.4, -0.2) is 11.4 Å². The van der Waals surface area contributed by atoms with Crippen molar-refractivity contribution >= 4 is 6.29 Å². The number of halogens is 1. The lowest BCUT2D eigenvalue weighted by Crippen LogP contribution is -1.79. The van der Waals surface area contributed by atoms with Gasteiger partial charge in [0.15, 0.2) is 23.6 Å². The van der Waals surface area contributed by atoms with E-state index in [0.717, 1.165) is 6.07 Å². The second-order valence-corrected chi connectivity index (χ2v) is 2.99. The number of rotatable bonds is 2. The van der Waals surface area contributed by atoms with Crippen LogP contribution in [0.4, 0.5) is 4.39 Å². The third-order valence-corrected chi connectivity index (χ3v) is 1.98. The van der Waals surface area contributed by atoms with Gasteiger partial charge >= 0.3 is 0 Å². The molecule has 0 spiro atoms. The lowest BCUT2D eigenvalue weighted by molar-refractivity contribution is 0.110. The van der Waals surface area contributed by atoms with Crippen LogP contribution < -0.4 is 0 Å². The van der Waals surface area contributed by atoms with Crippen molar-refractivity contribution in [2.75, 3.05) is 0 Å². The lowest BCUT2D eigenvalue weighted by Gasteiger charge is -1.98. The molecule has 0 unspecified atom stereocenters. The predicted molar refractivity (Wildman–Crippen MR) is 51.2 cm³/mol. The molecule has 0 fully saturated rings. The summed E-state index contributed by atoms with van der Waals surface area (Å²) in [6.07, 6.45) is 0.570. The third kappa shape index (κ3) is 1.74. The molecule has 1 aromatic heterocycles. The number of phenolic OH excluding ortho intramolecular Hbond substituents is 1. The standard InChI is InChI=1S/C11H7FO3/c12-9-5-7(1-3-10(9)14)11-4-2-8(6-13)15-11/h1-6,14H. The van der Waals surface area contributed by atoms with E-state index >= 15 is 0 Å². The van der Waals surface area contributed by atoms with Crippen LogP contribution in [0.3, 0.4) is 0 Å². The molecule has 1 aromatic carbocycles. The Morgan fingerprint density at radius 3 is 2.67 bits per heavy atom. The first-order valence-electron chi connectivity index (χ1n) is 4.24. The van der Waals surface area contributed by atoms with E-state index in [1.807, 2.05) is 0 Å². The SMILES string of the molecule is O=Cc1ccc(-c2ccc(O)c(F)c2)o1. The fourth-order valence-corrected chi connectivity index (χ4v) is 1.23. The highest BCUT2D eigenvalue weighted by Crippen LogP contribution is 2.25. The predicted octanol–water partition coefficient (Wildman–Crippen LogP) is 2.60. The average molecular weight is 206 g/mol. The fraction of sp³-hybridized carbons (Fsp3) is 0. The Balaban J connectivity index is 2.44. The first-order valence-corrected chi connectivity index (χ1v) is 4.24. The van der Waals surface area contributed by atoms with Crippen LogP contribution in [0.25, 0.3) is 11.3 Å². The molecule has 15 heavy (non-hydrogen) atoms. The number of benzene rings is 1. The normalized spacial score (nSPS) is 10.2. The van der Waals surface area contributed by atoms with Crippen molar-refractivity contribution in [1.29, 1.82) is 0 Å². The van der Waals surface area contributed by atoms with Crippen molar-refractivity contribution in [3.05, 3.63) is 41.9 Å². The van der Waals surface area contributed by atoms with Gasteiger partial charge in [-0.05, 0) is 30.3 Å². The van der Waals surface area contributed by atoms with Gasteiger partial charge in [0.25, 0.3) is 0 Å². The smallest absolute Gasteiger partial charge is 0.185 e. The zero-order valence-electron chi connectivity index (χ0n) is 7.61. The molecular formula is C11H7FO3. The minimum atomic E-state index is -0.725. The molecule has 0 radical (unpaired) electrons. The molecule has 0 aliphatic carbocycles. The Labute approximate surface area is 84.8 Å². The Kier molecular flexibility index (Phi) is 2.25. The Morgan fingerprint density at radius 1 is 1.27 bits per heavy atom. The molecule has 0 atom stereocenters. The number of hydrogen-bond donors (Lipinski definition) is 1. The van der Waals surface area contributed by atoms with Crippen LogP contribution in [0.15, 0.2) is 34.7 Å². The number of aldehydes is 1. The van der Waals surface area contributed by atoms with Gasteiger partial charge in [0.05, 0.1) is 0 Å². The molecule has 0 saturated carbocycles. The first-order chi connectivity index (χ1) is 7.20. The number of carbonyl (C=O) groups is 1. The molecule has 0 amide bonds. The molecule has 1 N–H and O–H groups in total. The van der Waals surface area contributed by atoms with Gasteiger partial charge in [-0.15, -0.1) is 0 Å². The molecular weight excluding hydrogens is 199 g/mol. The number of phenols is 1. The second-order valence-electron chi connectivity index (χ2n) is 2.99. The van der Waals surface area contributed by atoms with Crippen LogP contribution in [0.2, 0.25) is 0 Å². The quantitative estimate of drug-likeness (QED) is 0.768. The van der Waals surface area contributed by atoms with Crippen LogP contribution in [0.1, 0.15) is 10.6 Å². The highest BCUT2D eigenvalue weighted by atomic mass is 19.1. The van der Waals surface area contributed by atoms with Crippen LogP contribution in [0, 0.1) is 5.82 Å². The topological polar surface area (TPSA) is 50.4 Å². The zero-order valence-corrected chi connectivity index (χ0v) is 7.61. The molecule has 0 aliphatic rings. The monoisotopic (exact) mass is 206 g/mol. The third-order valence-electron chi connectivity index (χ3n) is 1.98. The summed E-state index contributed by atoms with van der Waals surface area (Å²) in [6.45, 7) is 0. The molecule has 2 aromatic rings. The molecule has 0 aliphatic heterocycles. The van der Waals surface area contributed by atoms with Crippen molar-refractivity contribution in [2.45, 2.75) is 0 Å².